The van der Waals surface area contributed by atoms with E-state index in [4.69, 9.17) is 5.73 Å². The summed E-state index contributed by atoms with van der Waals surface area (Å²) in [6, 6.07) is 2.03. The minimum absolute atomic E-state index is 0.360. The predicted octanol–water partition coefficient (Wildman–Crippen LogP) is 1.92. The molecule has 0 spiro atoms. The molecule has 2 aliphatic heterocycles. The molecule has 0 amide bonds. The zero-order chi connectivity index (χ0) is 13.1. The Hall–Kier alpha value is -0.120. The fraction of sp³-hybridized carbons (Fsp3) is 1.00. The summed E-state index contributed by atoms with van der Waals surface area (Å²) in [6.45, 7) is 8.27. The number of piperidine rings is 1. The molecule has 3 nitrogen and oxygen atoms in total. The standard InChI is InChI=1S/C15H31N3/c1-12(2)15(16)7-9-17(3)13-6-10-18-8-4-5-14(18)11-13/h12-15H,4-11,16H2,1-3H3. The third kappa shape index (κ3) is 3.46. The van der Waals surface area contributed by atoms with E-state index < -0.39 is 0 Å². The van der Waals surface area contributed by atoms with Gasteiger partial charge in [0.15, 0.2) is 0 Å². The molecule has 2 N–H and O–H groups in total. The van der Waals surface area contributed by atoms with Gasteiger partial charge in [0.2, 0.25) is 0 Å². The highest BCUT2D eigenvalue weighted by Gasteiger charge is 2.33. The molecule has 0 aliphatic carbocycles. The van der Waals surface area contributed by atoms with Gasteiger partial charge in [-0.2, -0.15) is 0 Å². The molecule has 2 rings (SSSR count). The normalized spacial score (nSPS) is 31.0. The zero-order valence-electron chi connectivity index (χ0n) is 12.4. The molecule has 2 aliphatic rings. The first-order valence-corrected chi connectivity index (χ1v) is 7.77. The molecule has 0 aromatic heterocycles. The summed E-state index contributed by atoms with van der Waals surface area (Å²) < 4.78 is 0. The zero-order valence-corrected chi connectivity index (χ0v) is 12.4. The number of nitrogens with two attached hydrogens (primary N) is 1. The van der Waals surface area contributed by atoms with Gasteiger partial charge in [0.05, 0.1) is 0 Å². The van der Waals surface area contributed by atoms with Crippen LogP contribution < -0.4 is 5.73 Å². The number of hydrogen-bond acceptors (Lipinski definition) is 3. The van der Waals surface area contributed by atoms with Crippen molar-refractivity contribution < 1.29 is 0 Å². The van der Waals surface area contributed by atoms with Crippen LogP contribution in [0.4, 0.5) is 0 Å². The fourth-order valence-corrected chi connectivity index (χ4v) is 3.47. The Bertz CT molecular complexity index is 254. The lowest BCUT2D eigenvalue weighted by molar-refractivity contribution is 0.101. The van der Waals surface area contributed by atoms with Gasteiger partial charge in [0.25, 0.3) is 0 Å². The molecule has 3 atom stereocenters. The Balaban J connectivity index is 1.74. The van der Waals surface area contributed by atoms with Crippen LogP contribution in [-0.4, -0.2) is 54.6 Å². The van der Waals surface area contributed by atoms with Crippen LogP contribution in [0.5, 0.6) is 0 Å². The van der Waals surface area contributed by atoms with Crippen LogP contribution in [-0.2, 0) is 0 Å². The predicted molar refractivity (Wildman–Crippen MR) is 77.7 cm³/mol. The molecule has 3 heteroatoms. The second-order valence-electron chi connectivity index (χ2n) is 6.69. The van der Waals surface area contributed by atoms with Gasteiger partial charge in [-0.1, -0.05) is 13.8 Å². The van der Waals surface area contributed by atoms with Crippen LogP contribution >= 0.6 is 0 Å². The van der Waals surface area contributed by atoms with Crippen LogP contribution in [0, 0.1) is 5.92 Å². The van der Waals surface area contributed by atoms with Crippen LogP contribution in [0.25, 0.3) is 0 Å². The fourth-order valence-electron chi connectivity index (χ4n) is 3.47. The van der Waals surface area contributed by atoms with Crippen molar-refractivity contribution in [2.45, 2.75) is 64.1 Å². The Kier molecular flexibility index (Phi) is 5.05. The molecule has 0 aromatic rings. The molecular weight excluding hydrogens is 222 g/mol. The molecule has 2 heterocycles. The van der Waals surface area contributed by atoms with E-state index >= 15 is 0 Å². The lowest BCUT2D eigenvalue weighted by Gasteiger charge is -2.39. The molecule has 0 saturated carbocycles. The summed E-state index contributed by atoms with van der Waals surface area (Å²) in [4.78, 5) is 5.27. The van der Waals surface area contributed by atoms with Crippen molar-refractivity contribution in [1.82, 2.24) is 9.80 Å². The highest BCUT2D eigenvalue weighted by Crippen LogP contribution is 2.28. The minimum atomic E-state index is 0.360. The summed E-state index contributed by atoms with van der Waals surface area (Å²) in [5.41, 5.74) is 6.14. The Morgan fingerprint density at radius 3 is 2.78 bits per heavy atom. The van der Waals surface area contributed by atoms with Crippen molar-refractivity contribution in [3.05, 3.63) is 0 Å². The van der Waals surface area contributed by atoms with E-state index in [1.165, 1.54) is 38.8 Å². The molecule has 106 valence electrons. The van der Waals surface area contributed by atoms with Crippen LogP contribution in [0.15, 0.2) is 0 Å². The summed E-state index contributed by atoms with van der Waals surface area (Å²) >= 11 is 0. The monoisotopic (exact) mass is 253 g/mol. The third-order valence-corrected chi connectivity index (χ3v) is 5.09. The van der Waals surface area contributed by atoms with Crippen molar-refractivity contribution in [3.63, 3.8) is 0 Å². The van der Waals surface area contributed by atoms with Gasteiger partial charge >= 0.3 is 0 Å². The van der Waals surface area contributed by atoms with E-state index in [1.54, 1.807) is 0 Å². The first kappa shape index (κ1) is 14.3. The largest absolute Gasteiger partial charge is 0.327 e. The van der Waals surface area contributed by atoms with Gasteiger partial charge < -0.3 is 15.5 Å². The molecule has 0 aromatic carbocycles. The molecule has 0 bridgehead atoms. The van der Waals surface area contributed by atoms with E-state index in [9.17, 15) is 0 Å². The molecular formula is C15H31N3. The molecule has 0 radical (unpaired) electrons. The van der Waals surface area contributed by atoms with Crippen molar-refractivity contribution in [2.24, 2.45) is 11.7 Å². The first-order valence-electron chi connectivity index (χ1n) is 7.77. The van der Waals surface area contributed by atoms with Crippen molar-refractivity contribution in [1.29, 1.82) is 0 Å². The number of hydrogen-bond donors (Lipinski definition) is 1. The SMILES string of the molecule is CC(C)C(N)CCN(C)C1CCN2CCCC2C1. The second kappa shape index (κ2) is 6.36. The lowest BCUT2D eigenvalue weighted by atomic mass is 9.95. The Morgan fingerprint density at radius 1 is 1.28 bits per heavy atom. The third-order valence-electron chi connectivity index (χ3n) is 5.09. The minimum Gasteiger partial charge on any atom is -0.327 e. The Labute approximate surface area is 113 Å². The van der Waals surface area contributed by atoms with E-state index in [1.807, 2.05) is 0 Å². The van der Waals surface area contributed by atoms with Gasteiger partial charge in [-0.25, -0.2) is 0 Å². The second-order valence-corrected chi connectivity index (χ2v) is 6.69. The summed E-state index contributed by atoms with van der Waals surface area (Å²) in [5.74, 6) is 0.607. The summed E-state index contributed by atoms with van der Waals surface area (Å²) in [6.07, 6.45) is 6.71. The van der Waals surface area contributed by atoms with E-state index in [-0.39, 0.29) is 0 Å². The first-order chi connectivity index (χ1) is 8.58. The number of rotatable bonds is 5. The van der Waals surface area contributed by atoms with E-state index in [0.717, 1.165) is 25.0 Å². The highest BCUT2D eigenvalue weighted by atomic mass is 15.2. The maximum absolute atomic E-state index is 6.14. The summed E-state index contributed by atoms with van der Waals surface area (Å²) in [5, 5.41) is 0. The average Bonchev–Trinajstić information content (AvgIpc) is 2.82. The smallest absolute Gasteiger partial charge is 0.0119 e. The lowest BCUT2D eigenvalue weighted by Crippen LogP contribution is -2.47. The maximum Gasteiger partial charge on any atom is 0.0119 e. The molecule has 2 saturated heterocycles. The number of fused-ring (bicyclic) bond motifs is 1. The Morgan fingerprint density at radius 2 is 2.06 bits per heavy atom. The van der Waals surface area contributed by atoms with Gasteiger partial charge in [0, 0.05) is 18.1 Å². The van der Waals surface area contributed by atoms with E-state index in [0.29, 0.717) is 12.0 Å². The van der Waals surface area contributed by atoms with Gasteiger partial charge in [-0.05, 0) is 64.7 Å². The highest BCUT2D eigenvalue weighted by molar-refractivity contribution is 4.89. The average molecular weight is 253 g/mol. The van der Waals surface area contributed by atoms with Crippen molar-refractivity contribution in [3.8, 4) is 0 Å². The number of nitrogens with zero attached hydrogens (tertiary/aromatic N) is 2. The van der Waals surface area contributed by atoms with Crippen LogP contribution in [0.1, 0.15) is 46.0 Å². The van der Waals surface area contributed by atoms with Gasteiger partial charge in [-0.15, -0.1) is 0 Å². The molecule has 3 unspecified atom stereocenters. The van der Waals surface area contributed by atoms with Crippen LogP contribution in [0.3, 0.4) is 0 Å². The van der Waals surface area contributed by atoms with Gasteiger partial charge in [0.1, 0.15) is 0 Å². The van der Waals surface area contributed by atoms with Gasteiger partial charge in [-0.3, -0.25) is 0 Å². The van der Waals surface area contributed by atoms with Crippen molar-refractivity contribution in [2.75, 3.05) is 26.7 Å². The maximum atomic E-state index is 6.14. The van der Waals surface area contributed by atoms with E-state index in [2.05, 4.69) is 30.7 Å². The molecule has 2 fully saturated rings. The van der Waals surface area contributed by atoms with Crippen LogP contribution in [0.2, 0.25) is 0 Å². The molecule has 18 heavy (non-hydrogen) atoms. The summed E-state index contributed by atoms with van der Waals surface area (Å²) in [7, 11) is 2.29. The topological polar surface area (TPSA) is 32.5 Å². The van der Waals surface area contributed by atoms with Crippen molar-refractivity contribution >= 4 is 0 Å². The quantitative estimate of drug-likeness (QED) is 0.812.